The topological polar surface area (TPSA) is 42.7 Å². The Morgan fingerprint density at radius 2 is 2.30 bits per heavy atom. The standard InChI is InChI=1S/C19H23NO3/c1-22-18-6-2-4-15(12-18)7-8-16-5-3-10-20(13-16)19(21)17-9-11-23-14-17/h2,4,6,9,11-12,14,16H,3,5,7-8,10,13H2,1H3. The summed E-state index contributed by atoms with van der Waals surface area (Å²) >= 11 is 0. The monoisotopic (exact) mass is 313 g/mol. The van der Waals surface area contributed by atoms with E-state index in [0.717, 1.165) is 38.1 Å². The fraction of sp³-hybridized carbons (Fsp3) is 0.421. The molecule has 1 aliphatic rings. The highest BCUT2D eigenvalue weighted by molar-refractivity contribution is 5.93. The van der Waals surface area contributed by atoms with Gasteiger partial charge in [0.15, 0.2) is 0 Å². The molecule has 0 spiro atoms. The lowest BCUT2D eigenvalue weighted by molar-refractivity contribution is 0.0667. The predicted octanol–water partition coefficient (Wildman–Crippen LogP) is 3.77. The Morgan fingerprint density at radius 1 is 1.39 bits per heavy atom. The highest BCUT2D eigenvalue weighted by Crippen LogP contribution is 2.24. The first-order valence-electron chi connectivity index (χ1n) is 8.20. The lowest BCUT2D eigenvalue weighted by Gasteiger charge is -2.32. The van der Waals surface area contributed by atoms with Gasteiger partial charge in [0, 0.05) is 13.1 Å². The fourth-order valence-electron chi connectivity index (χ4n) is 3.25. The fourth-order valence-corrected chi connectivity index (χ4v) is 3.25. The van der Waals surface area contributed by atoms with Gasteiger partial charge in [-0.15, -0.1) is 0 Å². The molecule has 1 amide bonds. The average molecular weight is 313 g/mol. The number of nitrogens with zero attached hydrogens (tertiary/aromatic N) is 1. The Kier molecular flexibility index (Phi) is 5.01. The maximum atomic E-state index is 12.4. The van der Waals surface area contributed by atoms with Gasteiger partial charge in [-0.2, -0.15) is 0 Å². The number of amides is 1. The third kappa shape index (κ3) is 3.95. The number of rotatable bonds is 5. The van der Waals surface area contributed by atoms with Crippen LogP contribution in [0.1, 0.15) is 35.2 Å². The minimum absolute atomic E-state index is 0.0878. The largest absolute Gasteiger partial charge is 0.497 e. The summed E-state index contributed by atoms with van der Waals surface area (Å²) in [5.41, 5.74) is 1.95. The molecule has 0 saturated carbocycles. The molecule has 0 N–H and O–H groups in total. The SMILES string of the molecule is COc1cccc(CCC2CCCN(C(=O)c3ccoc3)C2)c1. The molecule has 0 bridgehead atoms. The summed E-state index contributed by atoms with van der Waals surface area (Å²) in [6.45, 7) is 1.69. The Balaban J connectivity index is 1.55. The molecule has 1 aromatic heterocycles. The zero-order chi connectivity index (χ0) is 16.1. The number of methoxy groups -OCH3 is 1. The number of carbonyl (C=O) groups excluding carboxylic acids is 1. The second-order valence-electron chi connectivity index (χ2n) is 6.16. The maximum absolute atomic E-state index is 12.4. The Morgan fingerprint density at radius 3 is 3.09 bits per heavy atom. The highest BCUT2D eigenvalue weighted by atomic mass is 16.5. The molecule has 2 aromatic rings. The number of hydrogen-bond donors (Lipinski definition) is 0. The van der Waals surface area contributed by atoms with Crippen molar-refractivity contribution in [1.29, 1.82) is 0 Å². The van der Waals surface area contributed by atoms with Crippen LogP contribution in [0.3, 0.4) is 0 Å². The van der Waals surface area contributed by atoms with Crippen LogP contribution in [-0.4, -0.2) is 31.0 Å². The number of carbonyl (C=O) groups is 1. The number of furan rings is 1. The Bertz CT molecular complexity index is 636. The lowest BCUT2D eigenvalue weighted by Crippen LogP contribution is -2.39. The normalized spacial score (nSPS) is 18.0. The minimum Gasteiger partial charge on any atom is -0.497 e. The molecule has 0 radical (unpaired) electrons. The molecule has 1 atom stereocenters. The molecular weight excluding hydrogens is 290 g/mol. The van der Waals surface area contributed by atoms with Gasteiger partial charge >= 0.3 is 0 Å². The first-order valence-corrected chi connectivity index (χ1v) is 8.20. The maximum Gasteiger partial charge on any atom is 0.257 e. The van der Waals surface area contributed by atoms with E-state index >= 15 is 0 Å². The molecule has 4 nitrogen and oxygen atoms in total. The number of aryl methyl sites for hydroxylation is 1. The second-order valence-corrected chi connectivity index (χ2v) is 6.16. The molecular formula is C19H23NO3. The van der Waals surface area contributed by atoms with E-state index in [9.17, 15) is 4.79 Å². The summed E-state index contributed by atoms with van der Waals surface area (Å²) in [6, 6.07) is 9.97. The van der Waals surface area contributed by atoms with E-state index in [0.29, 0.717) is 11.5 Å². The van der Waals surface area contributed by atoms with E-state index in [2.05, 4.69) is 12.1 Å². The molecule has 1 aliphatic heterocycles. The summed E-state index contributed by atoms with van der Waals surface area (Å²) < 4.78 is 10.3. The van der Waals surface area contributed by atoms with Crippen molar-refractivity contribution in [1.82, 2.24) is 4.90 Å². The molecule has 1 fully saturated rings. The van der Waals surface area contributed by atoms with Crippen molar-refractivity contribution in [2.24, 2.45) is 5.92 Å². The van der Waals surface area contributed by atoms with E-state index in [-0.39, 0.29) is 5.91 Å². The van der Waals surface area contributed by atoms with Crippen LogP contribution in [0.2, 0.25) is 0 Å². The van der Waals surface area contributed by atoms with Crippen LogP contribution in [0.25, 0.3) is 0 Å². The molecule has 1 unspecified atom stereocenters. The van der Waals surface area contributed by atoms with Gasteiger partial charge in [-0.1, -0.05) is 12.1 Å². The smallest absolute Gasteiger partial charge is 0.257 e. The summed E-state index contributed by atoms with van der Waals surface area (Å²) in [6.07, 6.45) is 7.48. The van der Waals surface area contributed by atoms with Gasteiger partial charge in [0.2, 0.25) is 0 Å². The predicted molar refractivity (Wildman–Crippen MR) is 88.7 cm³/mol. The van der Waals surface area contributed by atoms with Crippen LogP contribution < -0.4 is 4.74 Å². The van der Waals surface area contributed by atoms with Gasteiger partial charge < -0.3 is 14.1 Å². The van der Waals surface area contributed by atoms with Crippen LogP contribution in [-0.2, 0) is 6.42 Å². The highest BCUT2D eigenvalue weighted by Gasteiger charge is 2.24. The first kappa shape index (κ1) is 15.7. The third-order valence-corrected chi connectivity index (χ3v) is 4.55. The van der Waals surface area contributed by atoms with Gasteiger partial charge in [0.1, 0.15) is 12.0 Å². The van der Waals surface area contributed by atoms with Crippen LogP contribution in [0.4, 0.5) is 0 Å². The van der Waals surface area contributed by atoms with Gasteiger partial charge in [0.05, 0.1) is 18.9 Å². The first-order chi connectivity index (χ1) is 11.3. The molecule has 2 heterocycles. The van der Waals surface area contributed by atoms with Crippen LogP contribution in [0.5, 0.6) is 5.75 Å². The molecule has 1 saturated heterocycles. The zero-order valence-electron chi connectivity index (χ0n) is 13.5. The van der Waals surface area contributed by atoms with Gasteiger partial charge in [-0.05, 0) is 55.4 Å². The average Bonchev–Trinajstić information content (AvgIpc) is 3.14. The van der Waals surface area contributed by atoms with Crippen molar-refractivity contribution >= 4 is 5.91 Å². The molecule has 122 valence electrons. The molecule has 23 heavy (non-hydrogen) atoms. The second kappa shape index (κ2) is 7.36. The van der Waals surface area contributed by atoms with Gasteiger partial charge in [0.25, 0.3) is 5.91 Å². The lowest BCUT2D eigenvalue weighted by atomic mass is 9.91. The summed E-state index contributed by atoms with van der Waals surface area (Å²) in [7, 11) is 1.69. The van der Waals surface area contributed by atoms with E-state index in [4.69, 9.17) is 9.15 Å². The molecule has 0 aliphatic carbocycles. The van der Waals surface area contributed by atoms with E-state index < -0.39 is 0 Å². The van der Waals surface area contributed by atoms with E-state index in [1.54, 1.807) is 19.4 Å². The number of benzene rings is 1. The summed E-state index contributed by atoms with van der Waals surface area (Å²) in [5, 5.41) is 0. The van der Waals surface area contributed by atoms with Crippen molar-refractivity contribution in [3.05, 3.63) is 54.0 Å². The van der Waals surface area contributed by atoms with Gasteiger partial charge in [-0.25, -0.2) is 0 Å². The number of piperidine rings is 1. The summed E-state index contributed by atoms with van der Waals surface area (Å²) in [4.78, 5) is 14.4. The van der Waals surface area contributed by atoms with Crippen molar-refractivity contribution in [3.63, 3.8) is 0 Å². The van der Waals surface area contributed by atoms with Crippen molar-refractivity contribution < 1.29 is 13.9 Å². The number of ether oxygens (including phenoxy) is 1. The molecule has 3 rings (SSSR count). The zero-order valence-corrected chi connectivity index (χ0v) is 13.5. The molecule has 4 heteroatoms. The molecule has 1 aromatic carbocycles. The summed E-state index contributed by atoms with van der Waals surface area (Å²) in [5.74, 6) is 1.55. The van der Waals surface area contributed by atoms with Crippen molar-refractivity contribution in [2.75, 3.05) is 20.2 Å². The van der Waals surface area contributed by atoms with E-state index in [1.807, 2.05) is 17.0 Å². The Hall–Kier alpha value is -2.23. The number of likely N-dealkylation sites (tertiary alicyclic amines) is 1. The van der Waals surface area contributed by atoms with Crippen LogP contribution >= 0.6 is 0 Å². The van der Waals surface area contributed by atoms with E-state index in [1.165, 1.54) is 18.2 Å². The third-order valence-electron chi connectivity index (χ3n) is 4.55. The van der Waals surface area contributed by atoms with Crippen molar-refractivity contribution in [3.8, 4) is 5.75 Å². The quantitative estimate of drug-likeness (QED) is 0.844. The van der Waals surface area contributed by atoms with Crippen molar-refractivity contribution in [2.45, 2.75) is 25.7 Å². The van der Waals surface area contributed by atoms with Crippen LogP contribution in [0.15, 0.2) is 47.3 Å². The minimum atomic E-state index is 0.0878. The Labute approximate surface area is 137 Å². The van der Waals surface area contributed by atoms with Crippen LogP contribution in [0, 0.1) is 5.92 Å². The number of hydrogen-bond acceptors (Lipinski definition) is 3. The van der Waals surface area contributed by atoms with Gasteiger partial charge in [-0.3, -0.25) is 4.79 Å².